The lowest BCUT2D eigenvalue weighted by atomic mass is 10.1. The minimum absolute atomic E-state index is 0.167. The van der Waals surface area contributed by atoms with E-state index in [1.807, 2.05) is 56.3 Å². The maximum Gasteiger partial charge on any atom is 0.249 e. The predicted octanol–water partition coefficient (Wildman–Crippen LogP) is 2.95. The van der Waals surface area contributed by atoms with E-state index in [9.17, 15) is 4.79 Å². The van der Waals surface area contributed by atoms with Crippen molar-refractivity contribution in [2.75, 3.05) is 19.4 Å². The average molecular weight is 321 g/mol. The third-order valence-electron chi connectivity index (χ3n) is 3.59. The topological polar surface area (TPSA) is 73.9 Å². The maximum atomic E-state index is 11.9. The molecule has 0 saturated carbocycles. The summed E-state index contributed by atoms with van der Waals surface area (Å²) >= 11 is 0. The Labute approximate surface area is 140 Å². The number of nitrogens with zero attached hydrogens (tertiary/aromatic N) is 3. The molecule has 3 aromatic rings. The van der Waals surface area contributed by atoms with Crippen LogP contribution in [0.1, 0.15) is 5.69 Å². The maximum absolute atomic E-state index is 11.9. The molecule has 2 aromatic heterocycles. The molecule has 2 heterocycles. The summed E-state index contributed by atoms with van der Waals surface area (Å²) < 4.78 is 0. The number of H-pyrrole nitrogens is 1. The number of anilines is 1. The number of rotatable bonds is 4. The van der Waals surface area contributed by atoms with Crippen molar-refractivity contribution >= 4 is 22.6 Å². The van der Waals surface area contributed by atoms with Crippen molar-refractivity contribution in [2.45, 2.75) is 6.92 Å². The molecule has 0 saturated heterocycles. The summed E-state index contributed by atoms with van der Waals surface area (Å²) in [6, 6.07) is 9.74. The summed E-state index contributed by atoms with van der Waals surface area (Å²) in [7, 11) is 3.73. The number of fused-ring (bicyclic) bond motifs is 1. The minimum atomic E-state index is -0.167. The number of amides is 1. The molecule has 0 unspecified atom stereocenters. The highest BCUT2D eigenvalue weighted by Gasteiger charge is 2.06. The van der Waals surface area contributed by atoms with Gasteiger partial charge < -0.3 is 10.2 Å². The molecule has 1 amide bonds. The molecule has 1 aromatic carbocycles. The number of aromatic nitrogens is 3. The average Bonchev–Trinajstić information content (AvgIpc) is 2.94. The number of hydrogen-bond acceptors (Lipinski definition) is 4. The van der Waals surface area contributed by atoms with Gasteiger partial charge in [0.25, 0.3) is 0 Å². The number of carbonyl (C=O) groups excluding carboxylic acids is 1. The Morgan fingerprint density at radius 2 is 2.08 bits per heavy atom. The normalized spacial score (nSPS) is 11.1. The summed E-state index contributed by atoms with van der Waals surface area (Å²) in [5.41, 5.74) is 4.39. The fourth-order valence-electron chi connectivity index (χ4n) is 2.36. The summed E-state index contributed by atoms with van der Waals surface area (Å²) in [6.07, 6.45) is 5.00. The number of aromatic amines is 1. The Morgan fingerprint density at radius 3 is 2.88 bits per heavy atom. The molecule has 24 heavy (non-hydrogen) atoms. The third-order valence-corrected chi connectivity index (χ3v) is 3.59. The fourth-order valence-corrected chi connectivity index (χ4v) is 2.36. The lowest BCUT2D eigenvalue weighted by Gasteiger charge is -2.07. The molecular weight excluding hydrogens is 302 g/mol. The van der Waals surface area contributed by atoms with Crippen molar-refractivity contribution in [3.63, 3.8) is 0 Å². The predicted molar refractivity (Wildman–Crippen MR) is 95.5 cm³/mol. The van der Waals surface area contributed by atoms with Crippen LogP contribution in [0.2, 0.25) is 0 Å². The summed E-state index contributed by atoms with van der Waals surface area (Å²) in [5, 5.41) is 10.9. The first kappa shape index (κ1) is 15.7. The highest BCUT2D eigenvalue weighted by Crippen LogP contribution is 2.25. The molecule has 0 fully saturated rings. The van der Waals surface area contributed by atoms with E-state index in [4.69, 9.17) is 0 Å². The van der Waals surface area contributed by atoms with Gasteiger partial charge in [-0.15, -0.1) is 0 Å². The number of carbonyl (C=O) groups is 1. The molecule has 6 nitrogen and oxygen atoms in total. The van der Waals surface area contributed by atoms with Gasteiger partial charge in [0.15, 0.2) is 5.65 Å². The molecule has 0 aliphatic rings. The van der Waals surface area contributed by atoms with Gasteiger partial charge in [0.2, 0.25) is 5.91 Å². The van der Waals surface area contributed by atoms with Crippen LogP contribution in [0.15, 0.2) is 48.8 Å². The van der Waals surface area contributed by atoms with E-state index in [0.717, 1.165) is 33.5 Å². The van der Waals surface area contributed by atoms with Crippen molar-refractivity contribution < 1.29 is 4.79 Å². The Morgan fingerprint density at radius 1 is 1.25 bits per heavy atom. The quantitative estimate of drug-likeness (QED) is 0.725. The SMILES string of the molecule is Cc1n[nH]c2ncc(-c3cccc(NC(=O)C=CN(C)C)c3)cc12. The fraction of sp³-hybridized carbons (Fsp3) is 0.167. The largest absolute Gasteiger partial charge is 0.383 e. The summed E-state index contributed by atoms with van der Waals surface area (Å²) in [6.45, 7) is 1.94. The van der Waals surface area contributed by atoms with Gasteiger partial charge in [0, 0.05) is 49.2 Å². The Bertz CT molecular complexity index is 911. The van der Waals surface area contributed by atoms with Crippen LogP contribution < -0.4 is 5.32 Å². The first-order valence-electron chi connectivity index (χ1n) is 7.60. The monoisotopic (exact) mass is 321 g/mol. The van der Waals surface area contributed by atoms with Crippen LogP contribution in [-0.4, -0.2) is 40.1 Å². The second-order valence-corrected chi connectivity index (χ2v) is 5.78. The number of benzene rings is 1. The first-order valence-corrected chi connectivity index (χ1v) is 7.60. The number of nitrogens with one attached hydrogen (secondary N) is 2. The van der Waals surface area contributed by atoms with Crippen LogP contribution in [0.25, 0.3) is 22.2 Å². The standard InChI is InChI=1S/C18H19N5O/c1-12-16-10-14(11-19-18(16)22-21-12)13-5-4-6-15(9-13)20-17(24)7-8-23(2)3/h4-11H,1-3H3,(H,20,24)(H,19,21,22). The van der Waals surface area contributed by atoms with Crippen molar-refractivity contribution in [2.24, 2.45) is 0 Å². The molecule has 3 rings (SSSR count). The first-order chi connectivity index (χ1) is 11.5. The molecule has 2 N–H and O–H groups in total. The number of pyridine rings is 1. The second-order valence-electron chi connectivity index (χ2n) is 5.78. The van der Waals surface area contributed by atoms with Gasteiger partial charge in [-0.25, -0.2) is 4.98 Å². The highest BCUT2D eigenvalue weighted by molar-refractivity contribution is 5.99. The van der Waals surface area contributed by atoms with Crippen LogP contribution in [0, 0.1) is 6.92 Å². The number of hydrogen-bond donors (Lipinski definition) is 2. The molecule has 122 valence electrons. The Balaban J connectivity index is 1.86. The molecule has 6 heteroatoms. The van der Waals surface area contributed by atoms with Gasteiger partial charge >= 0.3 is 0 Å². The number of aryl methyl sites for hydroxylation is 1. The van der Waals surface area contributed by atoms with Crippen LogP contribution in [0.4, 0.5) is 5.69 Å². The molecular formula is C18H19N5O. The molecule has 0 aliphatic carbocycles. The molecule has 0 atom stereocenters. The summed E-state index contributed by atoms with van der Waals surface area (Å²) in [4.78, 5) is 18.1. The van der Waals surface area contributed by atoms with E-state index >= 15 is 0 Å². The third kappa shape index (κ3) is 3.43. The lowest BCUT2D eigenvalue weighted by Crippen LogP contribution is -2.10. The van der Waals surface area contributed by atoms with E-state index in [1.54, 1.807) is 12.4 Å². The van der Waals surface area contributed by atoms with Crippen molar-refractivity contribution in [1.29, 1.82) is 0 Å². The van der Waals surface area contributed by atoms with Crippen molar-refractivity contribution in [3.05, 3.63) is 54.5 Å². The van der Waals surface area contributed by atoms with Gasteiger partial charge in [-0.3, -0.25) is 9.89 Å². The highest BCUT2D eigenvalue weighted by atomic mass is 16.1. The van der Waals surface area contributed by atoms with E-state index in [1.165, 1.54) is 6.08 Å². The molecule has 0 radical (unpaired) electrons. The second kappa shape index (κ2) is 6.54. The van der Waals surface area contributed by atoms with E-state index < -0.39 is 0 Å². The van der Waals surface area contributed by atoms with Gasteiger partial charge in [-0.2, -0.15) is 5.10 Å². The zero-order valence-corrected chi connectivity index (χ0v) is 13.9. The lowest BCUT2D eigenvalue weighted by molar-refractivity contribution is -0.112. The van der Waals surface area contributed by atoms with Crippen molar-refractivity contribution in [1.82, 2.24) is 20.1 Å². The van der Waals surface area contributed by atoms with E-state index in [-0.39, 0.29) is 5.91 Å². The van der Waals surface area contributed by atoms with Crippen LogP contribution in [0.3, 0.4) is 0 Å². The van der Waals surface area contributed by atoms with E-state index in [0.29, 0.717) is 0 Å². The summed E-state index contributed by atoms with van der Waals surface area (Å²) in [5.74, 6) is -0.167. The molecule has 0 spiro atoms. The minimum Gasteiger partial charge on any atom is -0.383 e. The Kier molecular flexibility index (Phi) is 4.29. The van der Waals surface area contributed by atoms with Crippen LogP contribution in [0.5, 0.6) is 0 Å². The van der Waals surface area contributed by atoms with Crippen LogP contribution >= 0.6 is 0 Å². The molecule has 0 aliphatic heterocycles. The van der Waals surface area contributed by atoms with E-state index in [2.05, 4.69) is 20.5 Å². The van der Waals surface area contributed by atoms with Gasteiger partial charge in [0.1, 0.15) is 0 Å². The molecule has 0 bridgehead atoms. The zero-order valence-electron chi connectivity index (χ0n) is 13.9. The smallest absolute Gasteiger partial charge is 0.249 e. The zero-order chi connectivity index (χ0) is 17.1. The van der Waals surface area contributed by atoms with Crippen LogP contribution in [-0.2, 0) is 4.79 Å². The van der Waals surface area contributed by atoms with Gasteiger partial charge in [0.05, 0.1) is 5.69 Å². The Hall–Kier alpha value is -3.15. The van der Waals surface area contributed by atoms with Gasteiger partial charge in [-0.1, -0.05) is 12.1 Å². The van der Waals surface area contributed by atoms with Gasteiger partial charge in [-0.05, 0) is 30.7 Å². The van der Waals surface area contributed by atoms with Crippen molar-refractivity contribution in [3.8, 4) is 11.1 Å².